The zero-order chi connectivity index (χ0) is 13.1. The Morgan fingerprint density at radius 2 is 2.17 bits per heavy atom. The Morgan fingerprint density at radius 3 is 2.83 bits per heavy atom. The van der Waals surface area contributed by atoms with Crippen LogP contribution in [0.15, 0.2) is 39.5 Å². The van der Waals surface area contributed by atoms with Crippen molar-refractivity contribution >= 4 is 31.9 Å². The van der Waals surface area contributed by atoms with Gasteiger partial charge in [0.05, 0.1) is 6.04 Å². The third kappa shape index (κ3) is 2.84. The minimum Gasteiger partial charge on any atom is -0.333 e. The van der Waals surface area contributed by atoms with E-state index in [1.54, 1.807) is 6.20 Å². The molecule has 2 N–H and O–H groups in total. The number of imidazole rings is 1. The first-order chi connectivity index (χ1) is 8.63. The first-order valence-corrected chi connectivity index (χ1v) is 7.43. The number of aryl methyl sites for hydroxylation is 1. The lowest BCUT2D eigenvalue weighted by molar-refractivity contribution is 0.612. The van der Waals surface area contributed by atoms with E-state index in [4.69, 9.17) is 5.73 Å². The minimum atomic E-state index is -0.214. The van der Waals surface area contributed by atoms with Crippen LogP contribution in [0.3, 0.4) is 0 Å². The van der Waals surface area contributed by atoms with Crippen molar-refractivity contribution < 1.29 is 0 Å². The number of hydrogen-bond donors (Lipinski definition) is 1. The van der Waals surface area contributed by atoms with Crippen molar-refractivity contribution in [2.45, 2.75) is 25.9 Å². The van der Waals surface area contributed by atoms with E-state index in [1.165, 1.54) is 0 Å². The molecule has 1 unspecified atom stereocenters. The first-order valence-electron chi connectivity index (χ1n) is 5.85. The van der Waals surface area contributed by atoms with Gasteiger partial charge in [-0.15, -0.1) is 0 Å². The predicted octanol–water partition coefficient (Wildman–Crippen LogP) is 3.87. The highest BCUT2D eigenvalue weighted by Crippen LogP contribution is 2.28. The Hall–Kier alpha value is -0.650. The molecule has 2 aromatic rings. The molecule has 0 amide bonds. The number of hydrogen-bond acceptors (Lipinski definition) is 2. The van der Waals surface area contributed by atoms with Crippen molar-refractivity contribution in [1.82, 2.24) is 9.55 Å². The summed E-state index contributed by atoms with van der Waals surface area (Å²) in [5, 5.41) is 0. The molecule has 96 valence electrons. The molecule has 0 aliphatic carbocycles. The average Bonchev–Trinajstić information content (AvgIpc) is 2.77. The third-order valence-electron chi connectivity index (χ3n) is 2.79. The fourth-order valence-electron chi connectivity index (χ4n) is 1.92. The highest BCUT2D eigenvalue weighted by Gasteiger charge is 2.17. The lowest BCUT2D eigenvalue weighted by Gasteiger charge is -2.15. The monoisotopic (exact) mass is 371 g/mol. The summed E-state index contributed by atoms with van der Waals surface area (Å²) in [6, 6.07) is 5.80. The van der Waals surface area contributed by atoms with Crippen LogP contribution < -0.4 is 5.73 Å². The lowest BCUT2D eigenvalue weighted by atomic mass is 10.1. The van der Waals surface area contributed by atoms with Crippen molar-refractivity contribution in [2.75, 3.05) is 0 Å². The number of nitrogens with two attached hydrogens (primary N) is 1. The maximum atomic E-state index is 6.31. The third-order valence-corrected chi connectivity index (χ3v) is 3.97. The molecule has 0 saturated carbocycles. The van der Waals surface area contributed by atoms with Gasteiger partial charge in [-0.25, -0.2) is 4.98 Å². The highest BCUT2D eigenvalue weighted by molar-refractivity contribution is 9.11. The quantitative estimate of drug-likeness (QED) is 0.885. The fourth-order valence-corrected chi connectivity index (χ4v) is 3.22. The molecule has 1 heterocycles. The van der Waals surface area contributed by atoms with Crippen LogP contribution in [-0.4, -0.2) is 9.55 Å². The van der Waals surface area contributed by atoms with Crippen LogP contribution in [0.25, 0.3) is 0 Å². The maximum absolute atomic E-state index is 6.31. The summed E-state index contributed by atoms with van der Waals surface area (Å²) < 4.78 is 4.14. The molecule has 0 fully saturated rings. The largest absolute Gasteiger partial charge is 0.333 e. The van der Waals surface area contributed by atoms with E-state index in [0.29, 0.717) is 0 Å². The molecule has 5 heteroatoms. The Labute approximate surface area is 124 Å². The van der Waals surface area contributed by atoms with Gasteiger partial charge in [0, 0.05) is 27.9 Å². The summed E-state index contributed by atoms with van der Waals surface area (Å²) in [6.45, 7) is 3.09. The van der Waals surface area contributed by atoms with Crippen molar-refractivity contribution in [3.8, 4) is 0 Å². The Bertz CT molecular complexity index is 537. The Morgan fingerprint density at radius 1 is 1.39 bits per heavy atom. The molecular weight excluding hydrogens is 358 g/mol. The van der Waals surface area contributed by atoms with E-state index in [-0.39, 0.29) is 6.04 Å². The maximum Gasteiger partial charge on any atom is 0.130 e. The van der Waals surface area contributed by atoms with Crippen LogP contribution in [0.2, 0.25) is 0 Å². The van der Waals surface area contributed by atoms with Crippen molar-refractivity contribution in [1.29, 1.82) is 0 Å². The summed E-state index contributed by atoms with van der Waals surface area (Å²) in [5.41, 5.74) is 7.36. The molecule has 0 bridgehead atoms. The molecular formula is C13H15Br2N3. The van der Waals surface area contributed by atoms with Gasteiger partial charge in [0.15, 0.2) is 0 Å². The van der Waals surface area contributed by atoms with E-state index in [0.717, 1.165) is 33.3 Å². The van der Waals surface area contributed by atoms with Crippen molar-refractivity contribution in [3.05, 3.63) is 50.9 Å². The van der Waals surface area contributed by atoms with E-state index < -0.39 is 0 Å². The smallest absolute Gasteiger partial charge is 0.130 e. The predicted molar refractivity (Wildman–Crippen MR) is 80.4 cm³/mol. The molecule has 1 aromatic carbocycles. The van der Waals surface area contributed by atoms with Gasteiger partial charge in [-0.05, 0) is 24.1 Å². The zero-order valence-electron chi connectivity index (χ0n) is 10.1. The summed E-state index contributed by atoms with van der Waals surface area (Å²) in [6.07, 6.45) is 4.85. The van der Waals surface area contributed by atoms with Gasteiger partial charge in [-0.3, -0.25) is 0 Å². The Kier molecular flexibility index (Phi) is 4.59. The van der Waals surface area contributed by atoms with E-state index in [9.17, 15) is 0 Å². The normalized spacial score (nSPS) is 12.7. The summed E-state index contributed by atoms with van der Waals surface area (Å²) in [7, 11) is 0. The molecule has 0 spiro atoms. The van der Waals surface area contributed by atoms with E-state index >= 15 is 0 Å². The van der Waals surface area contributed by atoms with Gasteiger partial charge in [0.1, 0.15) is 5.82 Å². The second kappa shape index (κ2) is 5.99. The van der Waals surface area contributed by atoms with E-state index in [2.05, 4.69) is 48.3 Å². The number of rotatable bonds is 4. The lowest BCUT2D eigenvalue weighted by Crippen LogP contribution is -2.18. The molecule has 0 saturated heterocycles. The molecule has 0 aliphatic rings. The van der Waals surface area contributed by atoms with Crippen molar-refractivity contribution in [3.63, 3.8) is 0 Å². The van der Waals surface area contributed by atoms with Crippen LogP contribution in [0.1, 0.15) is 30.8 Å². The molecule has 3 nitrogen and oxygen atoms in total. The van der Waals surface area contributed by atoms with Crippen LogP contribution in [0, 0.1) is 0 Å². The van der Waals surface area contributed by atoms with Gasteiger partial charge in [0.2, 0.25) is 0 Å². The topological polar surface area (TPSA) is 43.8 Å². The van der Waals surface area contributed by atoms with Crippen LogP contribution in [-0.2, 0) is 6.54 Å². The van der Waals surface area contributed by atoms with Crippen LogP contribution in [0.5, 0.6) is 0 Å². The van der Waals surface area contributed by atoms with Gasteiger partial charge in [-0.1, -0.05) is 44.8 Å². The molecule has 18 heavy (non-hydrogen) atoms. The molecule has 1 aromatic heterocycles. The molecule has 0 aliphatic heterocycles. The van der Waals surface area contributed by atoms with Crippen LogP contribution in [0.4, 0.5) is 0 Å². The van der Waals surface area contributed by atoms with Gasteiger partial charge in [-0.2, -0.15) is 0 Å². The average molecular weight is 373 g/mol. The number of nitrogens with zero attached hydrogens (tertiary/aromatic N) is 2. The van der Waals surface area contributed by atoms with Gasteiger partial charge in [0.25, 0.3) is 0 Å². The number of benzene rings is 1. The highest BCUT2D eigenvalue weighted by atomic mass is 79.9. The number of aromatic nitrogens is 2. The second-order valence-electron chi connectivity index (χ2n) is 4.12. The summed E-state index contributed by atoms with van der Waals surface area (Å²) >= 11 is 6.99. The molecule has 0 radical (unpaired) electrons. The second-order valence-corrected chi connectivity index (χ2v) is 5.89. The van der Waals surface area contributed by atoms with Crippen molar-refractivity contribution in [2.24, 2.45) is 5.73 Å². The zero-order valence-corrected chi connectivity index (χ0v) is 13.3. The van der Waals surface area contributed by atoms with E-state index in [1.807, 2.05) is 24.4 Å². The number of halogens is 2. The van der Waals surface area contributed by atoms with Gasteiger partial charge >= 0.3 is 0 Å². The molecule has 1 atom stereocenters. The Balaban J connectivity index is 2.35. The minimum absolute atomic E-state index is 0.214. The fraction of sp³-hybridized carbons (Fsp3) is 0.308. The summed E-state index contributed by atoms with van der Waals surface area (Å²) in [4.78, 5) is 4.38. The standard InChI is InChI=1S/C13H15Br2N3/c1-2-6-18-7-5-17-13(18)12(16)10-4-3-9(14)8-11(10)15/h3-5,7-8,12H,2,6,16H2,1H3. The molecule has 2 rings (SSSR count). The van der Waals surface area contributed by atoms with Gasteiger partial charge < -0.3 is 10.3 Å². The van der Waals surface area contributed by atoms with Crippen LogP contribution >= 0.6 is 31.9 Å². The summed E-state index contributed by atoms with van der Waals surface area (Å²) in [5.74, 6) is 0.903. The SMILES string of the molecule is CCCn1ccnc1C(N)c1ccc(Br)cc1Br. The first kappa shape index (κ1) is 13.8.